The molecule has 1 fully saturated rings. The minimum atomic E-state index is -0.586. The van der Waals surface area contributed by atoms with Gasteiger partial charge in [-0.2, -0.15) is 0 Å². The van der Waals surface area contributed by atoms with E-state index in [1.165, 1.54) is 6.08 Å². The highest BCUT2D eigenvalue weighted by atomic mass is 16.5. The van der Waals surface area contributed by atoms with Crippen LogP contribution in [-0.4, -0.2) is 54.0 Å². The molecule has 1 saturated heterocycles. The molecule has 1 aliphatic heterocycles. The fourth-order valence-electron chi connectivity index (χ4n) is 3.65. The second-order valence-electron chi connectivity index (χ2n) is 7.99. The van der Waals surface area contributed by atoms with Gasteiger partial charge in [0.15, 0.2) is 5.78 Å². The summed E-state index contributed by atoms with van der Waals surface area (Å²) in [5, 5.41) is 8.49. The summed E-state index contributed by atoms with van der Waals surface area (Å²) < 4.78 is 0. The van der Waals surface area contributed by atoms with Crippen LogP contribution in [-0.2, 0) is 4.79 Å². The van der Waals surface area contributed by atoms with Crippen molar-refractivity contribution in [3.05, 3.63) is 77.4 Å². The van der Waals surface area contributed by atoms with E-state index in [-0.39, 0.29) is 5.78 Å². The second-order valence-corrected chi connectivity index (χ2v) is 7.99. The molecular formula is C25H29N3O3. The number of benzene rings is 2. The molecule has 0 unspecified atom stereocenters. The Morgan fingerprint density at radius 2 is 1.42 bits per heavy atom. The van der Waals surface area contributed by atoms with Crippen LogP contribution in [0.4, 0.5) is 5.69 Å². The number of amides is 1. The van der Waals surface area contributed by atoms with Crippen molar-refractivity contribution in [3.8, 4) is 0 Å². The van der Waals surface area contributed by atoms with Crippen molar-refractivity contribution in [2.75, 3.05) is 25.0 Å². The van der Waals surface area contributed by atoms with Gasteiger partial charge in [0.2, 0.25) is 0 Å². The molecule has 6 nitrogen and oxygen atoms in total. The number of piperazine rings is 1. The first-order valence-electron chi connectivity index (χ1n) is 10.4. The van der Waals surface area contributed by atoms with Crippen LogP contribution >= 0.6 is 0 Å². The third-order valence-electron chi connectivity index (χ3n) is 5.78. The second kappa shape index (κ2) is 10.2. The van der Waals surface area contributed by atoms with Gasteiger partial charge in [0, 0.05) is 42.5 Å². The number of carbonyl (C=O) groups is 2. The Labute approximate surface area is 183 Å². The average molecular weight is 420 g/mol. The van der Waals surface area contributed by atoms with E-state index in [1.807, 2.05) is 48.5 Å². The lowest BCUT2D eigenvalue weighted by atomic mass is 10.1. The van der Waals surface area contributed by atoms with E-state index in [4.69, 9.17) is 5.21 Å². The number of ketones is 1. The van der Waals surface area contributed by atoms with Crippen molar-refractivity contribution < 1.29 is 14.8 Å². The molecule has 0 saturated carbocycles. The Balaban J connectivity index is 1.61. The number of hydrogen-bond acceptors (Lipinski definition) is 5. The van der Waals surface area contributed by atoms with Gasteiger partial charge in [-0.1, -0.05) is 30.3 Å². The SMILES string of the molecule is C[C@@H]1CN(c2ccc(C(=O)C=Cc3ccc(C=CC(=O)NO)cc3)cc2)C[C@H](C)N1C. The van der Waals surface area contributed by atoms with Crippen molar-refractivity contribution in [3.63, 3.8) is 0 Å². The molecule has 0 radical (unpaired) electrons. The number of hydroxylamine groups is 1. The summed E-state index contributed by atoms with van der Waals surface area (Å²) >= 11 is 0. The molecule has 1 aliphatic rings. The average Bonchev–Trinajstić information content (AvgIpc) is 2.79. The minimum absolute atomic E-state index is 0.0461. The van der Waals surface area contributed by atoms with Gasteiger partial charge in [0.25, 0.3) is 5.91 Å². The summed E-state index contributed by atoms with van der Waals surface area (Å²) in [5.74, 6) is -0.632. The van der Waals surface area contributed by atoms with Gasteiger partial charge in [-0.05, 0) is 68.4 Å². The summed E-state index contributed by atoms with van der Waals surface area (Å²) in [4.78, 5) is 28.3. The lowest BCUT2D eigenvalue weighted by Gasteiger charge is -2.43. The number of hydrogen-bond donors (Lipinski definition) is 2. The van der Waals surface area contributed by atoms with E-state index in [9.17, 15) is 9.59 Å². The first-order chi connectivity index (χ1) is 14.9. The van der Waals surface area contributed by atoms with Crippen LogP contribution in [0.15, 0.2) is 60.7 Å². The zero-order chi connectivity index (χ0) is 22.4. The number of nitrogens with zero attached hydrogens (tertiary/aromatic N) is 2. The third-order valence-corrected chi connectivity index (χ3v) is 5.78. The Morgan fingerprint density at radius 3 is 1.94 bits per heavy atom. The monoisotopic (exact) mass is 419 g/mol. The molecule has 0 aromatic heterocycles. The number of rotatable bonds is 6. The molecule has 162 valence electrons. The van der Waals surface area contributed by atoms with Crippen LogP contribution in [0.25, 0.3) is 12.2 Å². The maximum absolute atomic E-state index is 12.5. The van der Waals surface area contributed by atoms with Gasteiger partial charge in [-0.25, -0.2) is 5.48 Å². The molecule has 6 heteroatoms. The molecule has 0 aliphatic carbocycles. The lowest BCUT2D eigenvalue weighted by Crippen LogP contribution is -2.55. The van der Waals surface area contributed by atoms with E-state index in [0.29, 0.717) is 17.6 Å². The van der Waals surface area contributed by atoms with Crippen molar-refractivity contribution in [2.24, 2.45) is 0 Å². The zero-order valence-electron chi connectivity index (χ0n) is 18.2. The molecule has 2 aromatic rings. The van der Waals surface area contributed by atoms with Crippen molar-refractivity contribution in [1.82, 2.24) is 10.4 Å². The fourth-order valence-corrected chi connectivity index (χ4v) is 3.65. The molecule has 3 rings (SSSR count). The highest BCUT2D eigenvalue weighted by Crippen LogP contribution is 2.22. The number of anilines is 1. The summed E-state index contributed by atoms with van der Waals surface area (Å²) in [6, 6.07) is 16.2. The first-order valence-corrected chi connectivity index (χ1v) is 10.4. The lowest BCUT2D eigenvalue weighted by molar-refractivity contribution is -0.124. The molecule has 1 heterocycles. The number of carbonyl (C=O) groups excluding carboxylic acids is 2. The van der Waals surface area contributed by atoms with Crippen LogP contribution in [0.2, 0.25) is 0 Å². The van der Waals surface area contributed by atoms with Crippen LogP contribution in [0.1, 0.15) is 35.3 Å². The van der Waals surface area contributed by atoms with Gasteiger partial charge < -0.3 is 4.90 Å². The summed E-state index contributed by atoms with van der Waals surface area (Å²) in [5.41, 5.74) is 5.04. The smallest absolute Gasteiger partial charge is 0.267 e. The molecule has 0 spiro atoms. The minimum Gasteiger partial charge on any atom is -0.368 e. The van der Waals surface area contributed by atoms with E-state index < -0.39 is 5.91 Å². The Hall–Kier alpha value is -3.22. The van der Waals surface area contributed by atoms with Gasteiger partial charge in [-0.3, -0.25) is 19.7 Å². The summed E-state index contributed by atoms with van der Waals surface area (Å²) in [6.07, 6.45) is 6.17. The predicted molar refractivity (Wildman–Crippen MR) is 124 cm³/mol. The first kappa shape index (κ1) is 22.5. The molecule has 1 amide bonds. The van der Waals surface area contributed by atoms with E-state index in [1.54, 1.807) is 23.7 Å². The Morgan fingerprint density at radius 1 is 0.903 bits per heavy atom. The van der Waals surface area contributed by atoms with Crippen molar-refractivity contribution in [1.29, 1.82) is 0 Å². The predicted octanol–water partition coefficient (Wildman–Crippen LogP) is 3.63. The van der Waals surface area contributed by atoms with Gasteiger partial charge >= 0.3 is 0 Å². The van der Waals surface area contributed by atoms with Gasteiger partial charge in [-0.15, -0.1) is 0 Å². The molecular weight excluding hydrogens is 390 g/mol. The van der Waals surface area contributed by atoms with E-state index >= 15 is 0 Å². The van der Waals surface area contributed by atoms with Crippen LogP contribution in [0, 0.1) is 0 Å². The molecule has 2 aromatic carbocycles. The van der Waals surface area contributed by atoms with Crippen LogP contribution in [0.5, 0.6) is 0 Å². The van der Waals surface area contributed by atoms with Gasteiger partial charge in [0.05, 0.1) is 0 Å². The fraction of sp³-hybridized carbons (Fsp3) is 0.280. The van der Waals surface area contributed by atoms with Crippen LogP contribution < -0.4 is 10.4 Å². The zero-order valence-corrected chi connectivity index (χ0v) is 18.2. The Kier molecular flexibility index (Phi) is 7.39. The maximum atomic E-state index is 12.5. The van der Waals surface area contributed by atoms with Crippen molar-refractivity contribution >= 4 is 29.5 Å². The third kappa shape index (κ3) is 5.90. The summed E-state index contributed by atoms with van der Waals surface area (Å²) in [6.45, 7) is 6.42. The molecule has 2 atom stereocenters. The van der Waals surface area contributed by atoms with Crippen LogP contribution in [0.3, 0.4) is 0 Å². The quantitative estimate of drug-likeness (QED) is 0.324. The number of nitrogens with one attached hydrogen (secondary N) is 1. The van der Waals surface area contributed by atoms with E-state index in [0.717, 1.165) is 29.9 Å². The van der Waals surface area contributed by atoms with Gasteiger partial charge in [0.1, 0.15) is 0 Å². The highest BCUT2D eigenvalue weighted by Gasteiger charge is 2.26. The maximum Gasteiger partial charge on any atom is 0.267 e. The largest absolute Gasteiger partial charge is 0.368 e. The highest BCUT2D eigenvalue weighted by molar-refractivity contribution is 6.07. The topological polar surface area (TPSA) is 72.9 Å². The van der Waals surface area contributed by atoms with E-state index in [2.05, 4.69) is 30.7 Å². The number of allylic oxidation sites excluding steroid dienone is 1. The molecule has 31 heavy (non-hydrogen) atoms. The van der Waals surface area contributed by atoms with Crippen molar-refractivity contribution in [2.45, 2.75) is 25.9 Å². The normalized spacial score (nSPS) is 19.8. The number of likely N-dealkylation sites (N-methyl/N-ethyl adjacent to an activating group) is 1. The standard InChI is InChI=1S/C25H29N3O3/c1-18-16-28(17-19(2)27(18)3)23-12-10-22(11-13-23)24(29)14-8-20-4-6-21(7-5-20)9-15-25(30)26-31/h4-15,18-19,31H,16-17H2,1-3H3,(H,26,30)/t18-,19+. The Bertz CT molecular complexity index is 953. The summed E-state index contributed by atoms with van der Waals surface area (Å²) in [7, 11) is 2.17. The molecule has 2 N–H and O–H groups in total. The molecule has 0 bridgehead atoms.